The highest BCUT2D eigenvalue weighted by atomic mass is 16.5. The van der Waals surface area contributed by atoms with Gasteiger partial charge in [-0.25, -0.2) is 9.59 Å². The van der Waals surface area contributed by atoms with E-state index in [1.165, 1.54) is 48.5 Å². The highest BCUT2D eigenvalue weighted by molar-refractivity contribution is 6.17. The molecule has 11 nitrogen and oxygen atoms in total. The quantitative estimate of drug-likeness (QED) is 0.204. The van der Waals surface area contributed by atoms with E-state index in [0.29, 0.717) is 12.1 Å². The Hall–Kier alpha value is -4.90. The fraction of sp³-hybridized carbons (Fsp3) is 0.154. The van der Waals surface area contributed by atoms with E-state index in [-0.39, 0.29) is 29.0 Å². The lowest BCUT2D eigenvalue weighted by Crippen LogP contribution is -2.44. The zero-order valence-corrected chi connectivity index (χ0v) is 19.2. The van der Waals surface area contributed by atoms with Gasteiger partial charge in [-0.3, -0.25) is 9.59 Å². The summed E-state index contributed by atoms with van der Waals surface area (Å²) >= 11 is 0. The van der Waals surface area contributed by atoms with Crippen LogP contribution in [-0.2, 0) is 4.74 Å². The Morgan fingerprint density at radius 1 is 0.838 bits per heavy atom. The molecule has 1 fully saturated rings. The van der Waals surface area contributed by atoms with Gasteiger partial charge in [0, 0.05) is 24.2 Å². The van der Waals surface area contributed by atoms with E-state index in [4.69, 9.17) is 4.74 Å². The van der Waals surface area contributed by atoms with Crippen LogP contribution in [0.1, 0.15) is 47.0 Å². The topological polar surface area (TPSA) is 182 Å². The summed E-state index contributed by atoms with van der Waals surface area (Å²) < 4.78 is 5.47. The Kier molecular flexibility index (Phi) is 7.07. The minimum absolute atomic E-state index is 0.0104. The molecule has 1 aliphatic rings. The molecular weight excluding hydrogens is 484 g/mol. The van der Waals surface area contributed by atoms with Crippen LogP contribution in [0.25, 0.3) is 0 Å². The molecule has 37 heavy (non-hydrogen) atoms. The average Bonchev–Trinajstić information content (AvgIpc) is 3.29. The number of phenolic OH excluding ortho intramolecular Hbond substituents is 3. The first-order valence-corrected chi connectivity index (χ1v) is 11.1. The van der Waals surface area contributed by atoms with Crippen molar-refractivity contribution in [3.8, 4) is 17.2 Å². The lowest BCUT2D eigenvalue weighted by Gasteiger charge is -2.21. The minimum atomic E-state index is -1.36. The zero-order chi connectivity index (χ0) is 26.7. The molecule has 0 aromatic heterocycles. The lowest BCUT2D eigenvalue weighted by atomic mass is 9.96. The van der Waals surface area contributed by atoms with Crippen molar-refractivity contribution in [1.29, 1.82) is 0 Å². The molecule has 0 aliphatic carbocycles. The van der Waals surface area contributed by atoms with Gasteiger partial charge in [-0.05, 0) is 42.5 Å². The van der Waals surface area contributed by atoms with Crippen LogP contribution in [0.3, 0.4) is 0 Å². The van der Waals surface area contributed by atoms with Crippen molar-refractivity contribution in [2.75, 3.05) is 13.1 Å². The van der Waals surface area contributed by atoms with Crippen LogP contribution in [0, 0.1) is 0 Å². The Labute approximate surface area is 209 Å². The van der Waals surface area contributed by atoms with Gasteiger partial charge in [0.1, 0.15) is 28.9 Å². The van der Waals surface area contributed by atoms with Crippen molar-refractivity contribution in [3.63, 3.8) is 0 Å². The number of ether oxygens (including phenoxy) is 1. The molecule has 6 N–H and O–H groups in total. The van der Waals surface area contributed by atoms with E-state index in [1.807, 2.05) is 0 Å². The molecule has 0 radical (unpaired) electrons. The van der Waals surface area contributed by atoms with Crippen molar-refractivity contribution in [2.45, 2.75) is 12.1 Å². The van der Waals surface area contributed by atoms with Crippen LogP contribution in [0.5, 0.6) is 17.2 Å². The number of aromatic hydroxyl groups is 3. The summed E-state index contributed by atoms with van der Waals surface area (Å²) in [6.45, 7) is 0.543. The molecule has 1 saturated heterocycles. The summed E-state index contributed by atoms with van der Waals surface area (Å²) in [5.41, 5.74) is -1.08. The number of benzene rings is 3. The van der Waals surface area contributed by atoms with Gasteiger partial charge in [-0.2, -0.15) is 0 Å². The third-order valence-corrected chi connectivity index (χ3v) is 5.82. The van der Waals surface area contributed by atoms with Crippen molar-refractivity contribution in [1.82, 2.24) is 10.6 Å². The van der Waals surface area contributed by atoms with Crippen molar-refractivity contribution < 1.29 is 44.3 Å². The van der Waals surface area contributed by atoms with Crippen LogP contribution in [0.15, 0.2) is 60.7 Å². The highest BCUT2D eigenvalue weighted by Gasteiger charge is 2.33. The number of aromatic carboxylic acids is 1. The fourth-order valence-corrected chi connectivity index (χ4v) is 3.96. The predicted octanol–water partition coefficient (Wildman–Crippen LogP) is 1.66. The van der Waals surface area contributed by atoms with Crippen LogP contribution in [-0.4, -0.2) is 69.3 Å². The van der Waals surface area contributed by atoms with Gasteiger partial charge in [0.2, 0.25) is 5.78 Å². The number of carbonyl (C=O) groups is 4. The second-order valence-electron chi connectivity index (χ2n) is 8.30. The van der Waals surface area contributed by atoms with Gasteiger partial charge in [-0.15, -0.1) is 0 Å². The molecule has 0 spiro atoms. The van der Waals surface area contributed by atoms with Crippen LogP contribution in [0.4, 0.5) is 0 Å². The van der Waals surface area contributed by atoms with Gasteiger partial charge < -0.3 is 35.8 Å². The van der Waals surface area contributed by atoms with E-state index in [1.54, 1.807) is 0 Å². The molecule has 2 unspecified atom stereocenters. The number of esters is 1. The minimum Gasteiger partial charge on any atom is -0.508 e. The standard InChI is InChI=1S/C26H22N2O9/c29-15-7-5-13(6-8-15)24(33)28-18-11-27-12-21(18)37-26(36)14-9-19(30)22(20(31)10-14)23(32)16-3-1-2-4-17(16)25(34)35/h1-10,18,21,27,29-31H,11-12H2,(H,28,33)(H,34,35). The number of hydrogen-bond donors (Lipinski definition) is 6. The maximum atomic E-state index is 12.9. The first kappa shape index (κ1) is 25.2. The third-order valence-electron chi connectivity index (χ3n) is 5.82. The van der Waals surface area contributed by atoms with Crippen LogP contribution < -0.4 is 10.6 Å². The van der Waals surface area contributed by atoms with Crippen LogP contribution >= 0.6 is 0 Å². The van der Waals surface area contributed by atoms with Crippen LogP contribution in [0.2, 0.25) is 0 Å². The molecule has 1 heterocycles. The third kappa shape index (κ3) is 5.36. The molecule has 1 aliphatic heterocycles. The molecule has 0 bridgehead atoms. The van der Waals surface area contributed by atoms with Crippen molar-refractivity contribution in [2.24, 2.45) is 0 Å². The largest absolute Gasteiger partial charge is 0.508 e. The number of nitrogens with one attached hydrogen (secondary N) is 2. The monoisotopic (exact) mass is 506 g/mol. The zero-order valence-electron chi connectivity index (χ0n) is 19.2. The molecule has 3 aromatic rings. The van der Waals surface area contributed by atoms with Gasteiger partial charge in [0.05, 0.1) is 17.2 Å². The maximum absolute atomic E-state index is 12.9. The Morgan fingerprint density at radius 3 is 2.08 bits per heavy atom. The summed E-state index contributed by atoms with van der Waals surface area (Å²) in [5, 5.41) is 45.3. The predicted molar refractivity (Wildman–Crippen MR) is 128 cm³/mol. The lowest BCUT2D eigenvalue weighted by molar-refractivity contribution is 0.0282. The van der Waals surface area contributed by atoms with E-state index < -0.39 is 52.8 Å². The number of phenols is 3. The summed E-state index contributed by atoms with van der Waals surface area (Å²) in [5.74, 6) is -5.12. The number of carboxylic acid groups (broad SMARTS) is 1. The summed E-state index contributed by atoms with van der Waals surface area (Å²) in [6.07, 6.45) is -0.776. The van der Waals surface area contributed by atoms with E-state index in [0.717, 1.165) is 12.1 Å². The average molecular weight is 506 g/mol. The molecule has 11 heteroatoms. The number of carbonyl (C=O) groups excluding carboxylic acids is 3. The van der Waals surface area contributed by atoms with E-state index in [2.05, 4.69) is 10.6 Å². The Balaban J connectivity index is 1.49. The van der Waals surface area contributed by atoms with Gasteiger partial charge in [0.25, 0.3) is 5.91 Å². The maximum Gasteiger partial charge on any atom is 0.338 e. The first-order valence-electron chi connectivity index (χ1n) is 11.1. The highest BCUT2D eigenvalue weighted by Crippen LogP contribution is 2.32. The molecule has 190 valence electrons. The van der Waals surface area contributed by atoms with Gasteiger partial charge in [-0.1, -0.05) is 18.2 Å². The summed E-state index contributed by atoms with van der Waals surface area (Å²) in [6, 6.07) is 12.2. The van der Waals surface area contributed by atoms with Crippen molar-refractivity contribution in [3.05, 3.63) is 88.5 Å². The Morgan fingerprint density at radius 2 is 1.46 bits per heavy atom. The molecule has 4 rings (SSSR count). The first-order chi connectivity index (χ1) is 17.7. The number of ketones is 1. The van der Waals surface area contributed by atoms with Crippen molar-refractivity contribution >= 4 is 23.6 Å². The normalized spacial score (nSPS) is 16.6. The molecule has 3 aromatic carbocycles. The molecule has 1 amide bonds. The molecule has 0 saturated carbocycles. The second-order valence-corrected chi connectivity index (χ2v) is 8.30. The number of rotatable bonds is 7. The Bertz CT molecular complexity index is 1360. The smallest absolute Gasteiger partial charge is 0.338 e. The molecular formula is C26H22N2O9. The summed E-state index contributed by atoms with van der Waals surface area (Å²) in [4.78, 5) is 49.6. The van der Waals surface area contributed by atoms with Gasteiger partial charge in [0.15, 0.2) is 0 Å². The second kappa shape index (κ2) is 10.4. The molecule has 2 atom stereocenters. The fourth-order valence-electron chi connectivity index (χ4n) is 3.96. The number of amides is 1. The SMILES string of the molecule is O=C(NC1CNCC1OC(=O)c1cc(O)c(C(=O)c2ccccc2C(=O)O)c(O)c1)c1ccc(O)cc1. The number of hydrogen-bond acceptors (Lipinski definition) is 9. The summed E-state index contributed by atoms with van der Waals surface area (Å²) in [7, 11) is 0. The van der Waals surface area contributed by atoms with E-state index in [9.17, 15) is 39.6 Å². The van der Waals surface area contributed by atoms with E-state index >= 15 is 0 Å². The number of carboxylic acids is 1. The van der Waals surface area contributed by atoms with Gasteiger partial charge >= 0.3 is 11.9 Å².